The standard InChI is InChI=1S/C10H9F3N4O.C6H5F3N2O.C4H5BrN2/c1-16-5-7(3-15-16)17-4-6(10(11,12)13)2-8(14)9(17)18;7-6(8,9)3-1-4(10)5(12)11-2-3;1-7-3-4(5)2-6-7/h2-5H,14H2,1H3;1-2H,10H2,(H,11,12);2-3H,1H3. The minimum Gasteiger partial charge on any atom is -0.394 e. The van der Waals surface area contributed by atoms with Gasteiger partial charge in [-0.05, 0) is 28.1 Å². The first-order chi connectivity index (χ1) is 17.0. The molecule has 0 spiro atoms. The Morgan fingerprint density at radius 2 is 1.38 bits per heavy atom. The summed E-state index contributed by atoms with van der Waals surface area (Å²) in [4.78, 5) is 24.1. The van der Waals surface area contributed by atoms with Crippen molar-refractivity contribution in [3.8, 4) is 5.69 Å². The number of nitrogens with zero attached hydrogens (tertiary/aromatic N) is 5. The minimum atomic E-state index is -4.56. The van der Waals surface area contributed by atoms with Gasteiger partial charge in [-0.2, -0.15) is 36.5 Å². The molecular formula is C20H19BrF6N8O2. The average Bonchev–Trinajstić information content (AvgIpc) is 3.38. The van der Waals surface area contributed by atoms with Gasteiger partial charge in [0.1, 0.15) is 0 Å². The summed E-state index contributed by atoms with van der Waals surface area (Å²) in [5.41, 5.74) is 6.22. The Hall–Kier alpha value is -4.02. The van der Waals surface area contributed by atoms with Crippen molar-refractivity contribution >= 4 is 27.3 Å². The second-order valence-corrected chi connectivity index (χ2v) is 8.15. The van der Waals surface area contributed by atoms with Crippen LogP contribution in [0.2, 0.25) is 0 Å². The Morgan fingerprint density at radius 1 is 0.838 bits per heavy atom. The Morgan fingerprint density at radius 3 is 1.78 bits per heavy atom. The van der Waals surface area contributed by atoms with Gasteiger partial charge in [0.25, 0.3) is 11.1 Å². The molecule has 5 N–H and O–H groups in total. The zero-order valence-electron chi connectivity index (χ0n) is 19.0. The average molecular weight is 597 g/mol. The van der Waals surface area contributed by atoms with E-state index in [1.165, 1.54) is 17.1 Å². The largest absolute Gasteiger partial charge is 0.417 e. The van der Waals surface area contributed by atoms with Crippen molar-refractivity contribution < 1.29 is 26.3 Å². The van der Waals surface area contributed by atoms with Gasteiger partial charge in [0, 0.05) is 38.9 Å². The molecule has 0 saturated heterocycles. The maximum absolute atomic E-state index is 12.6. The van der Waals surface area contributed by atoms with E-state index < -0.39 is 46.0 Å². The van der Waals surface area contributed by atoms with E-state index in [2.05, 4.69) is 26.1 Å². The van der Waals surface area contributed by atoms with Crippen LogP contribution in [-0.4, -0.2) is 29.1 Å². The van der Waals surface area contributed by atoms with E-state index in [0.29, 0.717) is 24.5 Å². The fourth-order valence-electron chi connectivity index (χ4n) is 2.54. The monoisotopic (exact) mass is 596 g/mol. The predicted octanol–water partition coefficient (Wildman–Crippen LogP) is 3.33. The molecule has 0 saturated carbocycles. The van der Waals surface area contributed by atoms with Crippen molar-refractivity contribution in [2.24, 2.45) is 14.1 Å². The number of nitrogens with one attached hydrogen (secondary N) is 1. The van der Waals surface area contributed by atoms with E-state index in [-0.39, 0.29) is 5.69 Å². The van der Waals surface area contributed by atoms with E-state index in [4.69, 9.17) is 11.5 Å². The molecule has 0 amide bonds. The summed E-state index contributed by atoms with van der Waals surface area (Å²) in [6.45, 7) is 0. The second-order valence-electron chi connectivity index (χ2n) is 7.23. The molecule has 4 aromatic rings. The molecule has 17 heteroatoms. The summed E-state index contributed by atoms with van der Waals surface area (Å²) in [6.07, 6.45) is -1.42. The lowest BCUT2D eigenvalue weighted by atomic mass is 10.2. The summed E-state index contributed by atoms with van der Waals surface area (Å²) in [6, 6.07) is 1.22. The van der Waals surface area contributed by atoms with Gasteiger partial charge in [-0.25, -0.2) is 0 Å². The molecule has 0 radical (unpaired) electrons. The number of H-pyrrole nitrogens is 1. The van der Waals surface area contributed by atoms with E-state index in [1.807, 2.05) is 18.2 Å². The van der Waals surface area contributed by atoms with Gasteiger partial charge in [-0.1, -0.05) is 0 Å². The lowest BCUT2D eigenvalue weighted by molar-refractivity contribution is -0.138. The number of alkyl halides is 6. The highest BCUT2D eigenvalue weighted by molar-refractivity contribution is 9.10. The quantitative estimate of drug-likeness (QED) is 0.288. The van der Waals surface area contributed by atoms with Crippen molar-refractivity contribution in [2.75, 3.05) is 11.5 Å². The smallest absolute Gasteiger partial charge is 0.394 e. The topological polar surface area (TPSA) is 143 Å². The van der Waals surface area contributed by atoms with Gasteiger partial charge in [0.15, 0.2) is 0 Å². The first kappa shape index (κ1) is 29.2. The van der Waals surface area contributed by atoms with Gasteiger partial charge in [-0.3, -0.25) is 23.5 Å². The lowest BCUT2D eigenvalue weighted by Crippen LogP contribution is -2.23. The third-order valence-electron chi connectivity index (χ3n) is 4.27. The van der Waals surface area contributed by atoms with Crippen LogP contribution in [0, 0.1) is 0 Å². The van der Waals surface area contributed by atoms with Crippen molar-refractivity contribution in [1.29, 1.82) is 0 Å². The highest BCUT2D eigenvalue weighted by Crippen LogP contribution is 2.30. The van der Waals surface area contributed by atoms with Gasteiger partial charge in [0.2, 0.25) is 0 Å². The summed E-state index contributed by atoms with van der Waals surface area (Å²) in [5, 5.41) is 7.68. The molecule has 0 atom stereocenters. The third kappa shape index (κ3) is 8.26. The number of nitrogen functional groups attached to an aromatic ring is 2. The molecule has 200 valence electrons. The molecule has 0 fully saturated rings. The van der Waals surface area contributed by atoms with Crippen LogP contribution in [-0.2, 0) is 26.4 Å². The van der Waals surface area contributed by atoms with E-state index >= 15 is 0 Å². The number of nitrogens with two attached hydrogens (primary N) is 2. The molecule has 10 nitrogen and oxygen atoms in total. The van der Waals surface area contributed by atoms with Gasteiger partial charge in [-0.15, -0.1) is 0 Å². The highest BCUT2D eigenvalue weighted by atomic mass is 79.9. The number of hydrogen-bond acceptors (Lipinski definition) is 6. The molecule has 0 bridgehead atoms. The fourth-order valence-corrected chi connectivity index (χ4v) is 2.93. The van der Waals surface area contributed by atoms with Crippen LogP contribution in [0.3, 0.4) is 0 Å². The molecule has 0 aliphatic rings. The van der Waals surface area contributed by atoms with Crippen molar-refractivity contribution in [2.45, 2.75) is 12.4 Å². The Bertz CT molecular complexity index is 1450. The van der Waals surface area contributed by atoms with Crippen LogP contribution in [0.5, 0.6) is 0 Å². The molecule has 0 aromatic carbocycles. The highest BCUT2D eigenvalue weighted by Gasteiger charge is 2.32. The Labute approximate surface area is 212 Å². The number of rotatable bonds is 1. The molecule has 0 unspecified atom stereocenters. The summed E-state index contributed by atoms with van der Waals surface area (Å²) in [7, 11) is 3.47. The normalized spacial score (nSPS) is 11.3. The number of aromatic amines is 1. The fraction of sp³-hybridized carbons (Fsp3) is 0.200. The Balaban J connectivity index is 0.000000217. The number of halogens is 7. The van der Waals surface area contributed by atoms with Crippen molar-refractivity contribution in [3.63, 3.8) is 0 Å². The Kier molecular flexibility index (Phi) is 8.97. The molecule has 4 heterocycles. The van der Waals surface area contributed by atoms with Crippen LogP contribution in [0.25, 0.3) is 5.69 Å². The number of aromatic nitrogens is 6. The van der Waals surface area contributed by atoms with E-state index in [1.54, 1.807) is 17.9 Å². The number of aryl methyl sites for hydroxylation is 2. The molecule has 37 heavy (non-hydrogen) atoms. The zero-order valence-corrected chi connectivity index (χ0v) is 20.6. The van der Waals surface area contributed by atoms with Crippen LogP contribution in [0.4, 0.5) is 37.7 Å². The molecule has 0 aliphatic heterocycles. The predicted molar refractivity (Wildman–Crippen MR) is 126 cm³/mol. The van der Waals surface area contributed by atoms with E-state index in [0.717, 1.165) is 9.04 Å². The molecule has 4 rings (SSSR count). The summed E-state index contributed by atoms with van der Waals surface area (Å²) in [5.74, 6) is 0. The van der Waals surface area contributed by atoms with Crippen LogP contribution >= 0.6 is 15.9 Å². The molecule has 4 aromatic heterocycles. The van der Waals surface area contributed by atoms with Crippen LogP contribution in [0.15, 0.2) is 63.4 Å². The number of hydrogen-bond donors (Lipinski definition) is 3. The van der Waals surface area contributed by atoms with Crippen LogP contribution in [0.1, 0.15) is 11.1 Å². The minimum absolute atomic E-state index is 0.223. The van der Waals surface area contributed by atoms with Crippen molar-refractivity contribution in [3.05, 3.63) is 85.6 Å². The maximum Gasteiger partial charge on any atom is 0.417 e. The first-order valence-electron chi connectivity index (χ1n) is 9.77. The van der Waals surface area contributed by atoms with E-state index in [9.17, 15) is 35.9 Å². The molecular weight excluding hydrogens is 578 g/mol. The lowest BCUT2D eigenvalue weighted by Gasteiger charge is -2.10. The second kappa shape index (κ2) is 11.4. The van der Waals surface area contributed by atoms with Gasteiger partial charge < -0.3 is 16.5 Å². The first-order valence-corrected chi connectivity index (χ1v) is 10.6. The number of pyridine rings is 2. The SMILES string of the molecule is Cn1cc(-n2cc(C(F)(F)F)cc(N)c2=O)cn1.Cn1cc(Br)cn1.Nc1cc(C(F)(F)F)c[nH]c1=O. The zero-order chi connectivity index (χ0) is 28.1. The summed E-state index contributed by atoms with van der Waals surface area (Å²) >= 11 is 3.25. The van der Waals surface area contributed by atoms with Gasteiger partial charge in [0.05, 0.1) is 45.1 Å². The third-order valence-corrected chi connectivity index (χ3v) is 4.68. The maximum atomic E-state index is 12.6. The summed E-state index contributed by atoms with van der Waals surface area (Å²) < 4.78 is 78.6. The van der Waals surface area contributed by atoms with Gasteiger partial charge >= 0.3 is 12.4 Å². The molecule has 0 aliphatic carbocycles. The number of anilines is 2. The van der Waals surface area contributed by atoms with Crippen molar-refractivity contribution in [1.82, 2.24) is 29.1 Å². The van der Waals surface area contributed by atoms with Crippen LogP contribution < -0.4 is 22.6 Å².